The molecule has 1 fully saturated rings. The summed E-state index contributed by atoms with van der Waals surface area (Å²) in [6.45, 7) is 3.31. The Hall–Kier alpha value is -1.96. The van der Waals surface area contributed by atoms with E-state index in [0.717, 1.165) is 0 Å². The number of rotatable bonds is 3. The van der Waals surface area contributed by atoms with Gasteiger partial charge in [0, 0.05) is 18.3 Å². The van der Waals surface area contributed by atoms with E-state index in [1.807, 2.05) is 13.8 Å². The molecule has 128 valence electrons. The average Bonchev–Trinajstić information content (AvgIpc) is 2.47. The Balaban J connectivity index is 1.98. The number of morpholine rings is 1. The zero-order valence-electron chi connectivity index (χ0n) is 12.9. The van der Waals surface area contributed by atoms with Gasteiger partial charge in [0.1, 0.15) is 5.75 Å². The van der Waals surface area contributed by atoms with Crippen molar-refractivity contribution in [2.45, 2.75) is 32.2 Å². The van der Waals surface area contributed by atoms with Crippen molar-refractivity contribution in [3.05, 3.63) is 24.3 Å². The molecule has 0 aromatic heterocycles. The summed E-state index contributed by atoms with van der Waals surface area (Å²) in [6, 6.07) is 5.47. The lowest BCUT2D eigenvalue weighted by atomic mass is 10.1. The predicted octanol–water partition coefficient (Wildman–Crippen LogP) is 3.27. The molecule has 5 nitrogen and oxygen atoms in total. The predicted molar refractivity (Wildman–Crippen MR) is 78.6 cm³/mol. The van der Waals surface area contributed by atoms with Crippen molar-refractivity contribution < 1.29 is 27.4 Å². The van der Waals surface area contributed by atoms with Crippen LogP contribution in [0.1, 0.15) is 13.8 Å². The van der Waals surface area contributed by atoms with Gasteiger partial charge < -0.3 is 19.7 Å². The fourth-order valence-corrected chi connectivity index (χ4v) is 2.24. The molecular weight excluding hydrogens is 313 g/mol. The number of anilines is 1. The van der Waals surface area contributed by atoms with E-state index in [-0.39, 0.29) is 23.9 Å². The van der Waals surface area contributed by atoms with Crippen LogP contribution in [-0.2, 0) is 4.74 Å². The van der Waals surface area contributed by atoms with Crippen molar-refractivity contribution in [3.63, 3.8) is 0 Å². The number of benzene rings is 1. The first-order valence-corrected chi connectivity index (χ1v) is 7.25. The third kappa shape index (κ3) is 5.02. The third-order valence-corrected chi connectivity index (χ3v) is 3.63. The largest absolute Gasteiger partial charge is 0.484 e. The minimum Gasteiger partial charge on any atom is -0.484 e. The monoisotopic (exact) mass is 332 g/mol. The molecule has 0 saturated carbocycles. The van der Waals surface area contributed by atoms with Crippen LogP contribution in [-0.4, -0.2) is 49.0 Å². The highest BCUT2D eigenvalue weighted by Gasteiger charge is 2.30. The van der Waals surface area contributed by atoms with E-state index in [9.17, 15) is 18.0 Å². The second-order valence-corrected chi connectivity index (χ2v) is 5.37. The molecule has 1 aliphatic rings. The number of hydrogen-bond donors (Lipinski definition) is 1. The van der Waals surface area contributed by atoms with Crippen LogP contribution in [0.5, 0.6) is 5.75 Å². The maximum absolute atomic E-state index is 12.3. The Labute approximate surface area is 132 Å². The Morgan fingerprint density at radius 1 is 1.43 bits per heavy atom. The Morgan fingerprint density at radius 2 is 2.17 bits per heavy atom. The lowest BCUT2D eigenvalue weighted by Gasteiger charge is -2.37. The van der Waals surface area contributed by atoms with E-state index < -0.39 is 12.8 Å². The molecule has 2 amide bonds. The second kappa shape index (κ2) is 7.08. The molecule has 0 radical (unpaired) electrons. The van der Waals surface area contributed by atoms with Gasteiger partial charge in [0.2, 0.25) is 0 Å². The van der Waals surface area contributed by atoms with E-state index in [1.54, 1.807) is 11.0 Å². The van der Waals surface area contributed by atoms with Crippen LogP contribution in [0, 0.1) is 0 Å². The molecule has 0 unspecified atom stereocenters. The summed E-state index contributed by atoms with van der Waals surface area (Å²) in [4.78, 5) is 13.9. The lowest BCUT2D eigenvalue weighted by Crippen LogP contribution is -2.52. The standard InChI is InChI=1S/C15H19F3N2O3/c1-10-11(2)22-7-6-20(10)14(21)19-12-4-3-5-13(8-12)23-9-15(16,17)18/h3-5,8,10-11H,6-7,9H2,1-2H3,(H,19,21)/t10-,11-/m0/s1. The molecule has 0 bridgehead atoms. The molecule has 1 heterocycles. The number of hydrogen-bond acceptors (Lipinski definition) is 3. The van der Waals surface area contributed by atoms with Crippen molar-refractivity contribution in [1.29, 1.82) is 0 Å². The Bertz CT molecular complexity index is 551. The minimum atomic E-state index is -4.40. The van der Waals surface area contributed by atoms with Crippen LogP contribution in [0.4, 0.5) is 23.7 Å². The molecule has 0 spiro atoms. The number of carbonyl (C=O) groups is 1. The van der Waals surface area contributed by atoms with E-state index in [0.29, 0.717) is 18.8 Å². The number of urea groups is 1. The van der Waals surface area contributed by atoms with Crippen LogP contribution in [0.25, 0.3) is 0 Å². The van der Waals surface area contributed by atoms with Crippen molar-refractivity contribution in [3.8, 4) is 5.75 Å². The van der Waals surface area contributed by atoms with Crippen molar-refractivity contribution >= 4 is 11.7 Å². The van der Waals surface area contributed by atoms with Gasteiger partial charge >= 0.3 is 12.2 Å². The number of ether oxygens (including phenoxy) is 2. The van der Waals surface area contributed by atoms with Gasteiger partial charge in [-0.25, -0.2) is 4.79 Å². The van der Waals surface area contributed by atoms with Gasteiger partial charge in [-0.3, -0.25) is 0 Å². The number of carbonyl (C=O) groups excluding carboxylic acids is 1. The minimum absolute atomic E-state index is 0.0449. The van der Waals surface area contributed by atoms with Crippen molar-refractivity contribution in [2.24, 2.45) is 0 Å². The number of alkyl halides is 3. The molecule has 2 rings (SSSR count). The number of nitrogens with one attached hydrogen (secondary N) is 1. The second-order valence-electron chi connectivity index (χ2n) is 5.37. The van der Waals surface area contributed by atoms with Gasteiger partial charge in [-0.1, -0.05) is 6.07 Å². The summed E-state index contributed by atoms with van der Waals surface area (Å²) >= 11 is 0. The van der Waals surface area contributed by atoms with E-state index in [1.165, 1.54) is 18.2 Å². The van der Waals surface area contributed by atoms with Gasteiger partial charge in [-0.15, -0.1) is 0 Å². The summed E-state index contributed by atoms with van der Waals surface area (Å²) in [5.74, 6) is 0.0449. The van der Waals surface area contributed by atoms with Gasteiger partial charge in [0.25, 0.3) is 0 Å². The van der Waals surface area contributed by atoms with Gasteiger partial charge in [0.05, 0.1) is 18.8 Å². The molecule has 1 N–H and O–H groups in total. The molecule has 2 atom stereocenters. The summed E-state index contributed by atoms with van der Waals surface area (Å²) in [5.41, 5.74) is 0.376. The molecule has 1 aliphatic heterocycles. The summed E-state index contributed by atoms with van der Waals surface area (Å²) in [5, 5.41) is 2.67. The number of amides is 2. The smallest absolute Gasteiger partial charge is 0.422 e. The maximum Gasteiger partial charge on any atom is 0.422 e. The average molecular weight is 332 g/mol. The normalized spacial score (nSPS) is 21.9. The fourth-order valence-electron chi connectivity index (χ4n) is 2.24. The third-order valence-electron chi connectivity index (χ3n) is 3.63. The quantitative estimate of drug-likeness (QED) is 0.924. The van der Waals surface area contributed by atoms with Crippen LogP contribution < -0.4 is 10.1 Å². The highest BCUT2D eigenvalue weighted by molar-refractivity contribution is 5.89. The summed E-state index contributed by atoms with van der Waals surface area (Å²) in [6.07, 6.45) is -4.48. The Morgan fingerprint density at radius 3 is 2.87 bits per heavy atom. The SMILES string of the molecule is C[C@@H]1OCCN(C(=O)Nc2cccc(OCC(F)(F)F)c2)[C@H]1C. The molecule has 1 aromatic carbocycles. The van der Waals surface area contributed by atoms with Crippen LogP contribution in [0.2, 0.25) is 0 Å². The molecule has 1 saturated heterocycles. The Kier molecular flexibility index (Phi) is 5.35. The van der Waals surface area contributed by atoms with Crippen LogP contribution in [0.15, 0.2) is 24.3 Å². The molecule has 23 heavy (non-hydrogen) atoms. The molecular formula is C15H19F3N2O3. The van der Waals surface area contributed by atoms with E-state index in [4.69, 9.17) is 4.74 Å². The van der Waals surface area contributed by atoms with E-state index in [2.05, 4.69) is 10.1 Å². The molecule has 1 aromatic rings. The summed E-state index contributed by atoms with van der Waals surface area (Å²) < 4.78 is 46.6. The molecule has 8 heteroatoms. The first kappa shape index (κ1) is 17.4. The first-order valence-electron chi connectivity index (χ1n) is 7.25. The van der Waals surface area contributed by atoms with Crippen LogP contribution >= 0.6 is 0 Å². The zero-order valence-corrected chi connectivity index (χ0v) is 12.9. The summed E-state index contributed by atoms with van der Waals surface area (Å²) in [7, 11) is 0. The first-order chi connectivity index (χ1) is 10.8. The number of nitrogens with zero attached hydrogens (tertiary/aromatic N) is 1. The zero-order chi connectivity index (χ0) is 17.0. The van der Waals surface area contributed by atoms with Gasteiger partial charge in [-0.05, 0) is 26.0 Å². The molecule has 0 aliphatic carbocycles. The maximum atomic E-state index is 12.3. The fraction of sp³-hybridized carbons (Fsp3) is 0.533. The van der Waals surface area contributed by atoms with E-state index >= 15 is 0 Å². The number of halogens is 3. The highest BCUT2D eigenvalue weighted by Crippen LogP contribution is 2.22. The van der Waals surface area contributed by atoms with Crippen molar-refractivity contribution in [2.75, 3.05) is 25.1 Å². The topological polar surface area (TPSA) is 50.8 Å². The van der Waals surface area contributed by atoms with Crippen LogP contribution in [0.3, 0.4) is 0 Å². The van der Waals surface area contributed by atoms with Gasteiger partial charge in [0.15, 0.2) is 6.61 Å². The van der Waals surface area contributed by atoms with Crippen molar-refractivity contribution in [1.82, 2.24) is 4.90 Å². The lowest BCUT2D eigenvalue weighted by molar-refractivity contribution is -0.153. The van der Waals surface area contributed by atoms with Gasteiger partial charge in [-0.2, -0.15) is 13.2 Å². The highest BCUT2D eigenvalue weighted by atomic mass is 19.4.